The van der Waals surface area contributed by atoms with Gasteiger partial charge in [0, 0.05) is 32.4 Å². The normalized spacial score (nSPS) is 17.8. The van der Waals surface area contributed by atoms with Gasteiger partial charge < -0.3 is 19.4 Å². The molecular formula is C20H26N4O7S2. The quantitative estimate of drug-likeness (QED) is 0.583. The fourth-order valence-electron chi connectivity index (χ4n) is 3.83. The summed E-state index contributed by atoms with van der Waals surface area (Å²) in [5.74, 6) is -0.151. The molecule has 2 saturated heterocycles. The molecule has 2 N–H and O–H groups in total. The Morgan fingerprint density at radius 2 is 1.76 bits per heavy atom. The van der Waals surface area contributed by atoms with Gasteiger partial charge in [0.05, 0.1) is 26.0 Å². The van der Waals surface area contributed by atoms with E-state index in [2.05, 4.69) is 9.71 Å². The van der Waals surface area contributed by atoms with E-state index in [4.69, 9.17) is 9.47 Å². The SMILES string of the molecule is COc1ccc(NS(=O)(=O)c2c[nH]c(C(=O)N3CCCC3)c2)cc1S(=O)(=O)N1CCOCC1. The van der Waals surface area contributed by atoms with E-state index in [1.807, 2.05) is 0 Å². The van der Waals surface area contributed by atoms with Crippen molar-refractivity contribution in [3.8, 4) is 5.75 Å². The number of hydrogen-bond acceptors (Lipinski definition) is 7. The minimum atomic E-state index is -4.08. The number of methoxy groups -OCH3 is 1. The predicted molar refractivity (Wildman–Crippen MR) is 119 cm³/mol. The minimum Gasteiger partial charge on any atom is -0.495 e. The second-order valence-electron chi connectivity index (χ2n) is 7.74. The standard InChI is InChI=1S/C20H26N4O7S2/c1-30-18-5-4-15(12-19(18)33(28,29)24-8-10-31-11-9-24)22-32(26,27)16-13-17(21-14-16)20(25)23-6-2-3-7-23/h4-5,12-14,21-22H,2-3,6-11H2,1H3. The maximum Gasteiger partial charge on any atom is 0.270 e. The molecule has 13 heteroatoms. The molecule has 0 unspecified atom stereocenters. The molecule has 0 aliphatic carbocycles. The summed E-state index contributed by atoms with van der Waals surface area (Å²) in [4.78, 5) is 16.6. The van der Waals surface area contributed by atoms with Crippen LogP contribution in [0.5, 0.6) is 5.75 Å². The number of rotatable bonds is 7. The Kier molecular flexibility index (Phi) is 6.66. The molecule has 0 saturated carbocycles. The first-order chi connectivity index (χ1) is 15.7. The van der Waals surface area contributed by atoms with Crippen LogP contribution in [0.2, 0.25) is 0 Å². The molecular weight excluding hydrogens is 472 g/mol. The molecule has 2 aromatic rings. The molecule has 0 atom stereocenters. The van der Waals surface area contributed by atoms with Crippen molar-refractivity contribution in [2.24, 2.45) is 0 Å². The lowest BCUT2D eigenvalue weighted by molar-refractivity contribution is 0.0729. The van der Waals surface area contributed by atoms with Gasteiger partial charge in [-0.3, -0.25) is 9.52 Å². The van der Waals surface area contributed by atoms with Gasteiger partial charge in [-0.25, -0.2) is 16.8 Å². The van der Waals surface area contributed by atoms with Crippen LogP contribution < -0.4 is 9.46 Å². The van der Waals surface area contributed by atoms with Crippen LogP contribution in [-0.4, -0.2) is 83.4 Å². The zero-order valence-electron chi connectivity index (χ0n) is 18.1. The van der Waals surface area contributed by atoms with Gasteiger partial charge in [-0.2, -0.15) is 4.31 Å². The smallest absolute Gasteiger partial charge is 0.270 e. The molecule has 4 rings (SSSR count). The number of likely N-dealkylation sites (tertiary alicyclic amines) is 1. The Labute approximate surface area is 192 Å². The van der Waals surface area contributed by atoms with Gasteiger partial charge in [-0.05, 0) is 37.1 Å². The number of anilines is 1. The zero-order chi connectivity index (χ0) is 23.6. The summed E-state index contributed by atoms with van der Waals surface area (Å²) in [6.45, 7) is 2.23. The minimum absolute atomic E-state index is 0.0521. The lowest BCUT2D eigenvalue weighted by Gasteiger charge is -2.26. The van der Waals surface area contributed by atoms with Crippen LogP contribution in [0, 0.1) is 0 Å². The monoisotopic (exact) mass is 498 g/mol. The number of nitrogens with zero attached hydrogens (tertiary/aromatic N) is 2. The number of morpholine rings is 1. The number of aromatic nitrogens is 1. The number of amides is 1. The van der Waals surface area contributed by atoms with Gasteiger partial charge in [0.15, 0.2) is 0 Å². The Morgan fingerprint density at radius 1 is 1.06 bits per heavy atom. The van der Waals surface area contributed by atoms with E-state index >= 15 is 0 Å². The van der Waals surface area contributed by atoms with Crippen molar-refractivity contribution in [1.82, 2.24) is 14.2 Å². The van der Waals surface area contributed by atoms with E-state index in [1.165, 1.54) is 41.9 Å². The van der Waals surface area contributed by atoms with Gasteiger partial charge in [-0.15, -0.1) is 0 Å². The summed E-state index contributed by atoms with van der Waals surface area (Å²) in [5, 5.41) is 0. The first-order valence-electron chi connectivity index (χ1n) is 10.5. The molecule has 1 amide bonds. The van der Waals surface area contributed by atoms with Crippen molar-refractivity contribution in [2.75, 3.05) is 51.2 Å². The molecule has 2 aliphatic rings. The second kappa shape index (κ2) is 9.33. The molecule has 11 nitrogen and oxygen atoms in total. The zero-order valence-corrected chi connectivity index (χ0v) is 19.7. The molecule has 0 spiro atoms. The number of aromatic amines is 1. The Balaban J connectivity index is 1.58. The average Bonchev–Trinajstić information content (AvgIpc) is 3.52. The maximum atomic E-state index is 13.1. The van der Waals surface area contributed by atoms with Crippen molar-refractivity contribution in [3.63, 3.8) is 0 Å². The molecule has 3 heterocycles. The molecule has 2 aliphatic heterocycles. The summed E-state index contributed by atoms with van der Waals surface area (Å²) in [6.07, 6.45) is 3.08. The first-order valence-corrected chi connectivity index (χ1v) is 13.4. The highest BCUT2D eigenvalue weighted by molar-refractivity contribution is 7.92. The van der Waals surface area contributed by atoms with Crippen molar-refractivity contribution >= 4 is 31.6 Å². The highest BCUT2D eigenvalue weighted by Crippen LogP contribution is 2.31. The van der Waals surface area contributed by atoms with Gasteiger partial charge in [-0.1, -0.05) is 0 Å². The van der Waals surface area contributed by atoms with Gasteiger partial charge in [0.2, 0.25) is 10.0 Å². The molecule has 180 valence electrons. The first kappa shape index (κ1) is 23.5. The van der Waals surface area contributed by atoms with E-state index in [-0.39, 0.29) is 59.1 Å². The number of hydrogen-bond donors (Lipinski definition) is 2. The number of H-pyrrole nitrogens is 1. The van der Waals surface area contributed by atoms with Gasteiger partial charge in [0.1, 0.15) is 21.2 Å². The van der Waals surface area contributed by atoms with Crippen LogP contribution in [0.4, 0.5) is 5.69 Å². The van der Waals surface area contributed by atoms with Crippen LogP contribution >= 0.6 is 0 Å². The number of benzene rings is 1. The molecule has 1 aromatic heterocycles. The number of ether oxygens (including phenoxy) is 2. The molecule has 1 aromatic carbocycles. The molecule has 33 heavy (non-hydrogen) atoms. The van der Waals surface area contributed by atoms with Crippen molar-refractivity contribution in [3.05, 3.63) is 36.2 Å². The largest absolute Gasteiger partial charge is 0.495 e. The van der Waals surface area contributed by atoms with Crippen molar-refractivity contribution < 1.29 is 31.1 Å². The van der Waals surface area contributed by atoms with Crippen molar-refractivity contribution in [2.45, 2.75) is 22.6 Å². The third-order valence-corrected chi connectivity index (χ3v) is 8.87. The Hall–Kier alpha value is -2.61. The Bertz CT molecular complexity index is 1230. The lowest BCUT2D eigenvalue weighted by atomic mass is 10.3. The fourth-order valence-corrected chi connectivity index (χ4v) is 6.46. The molecule has 0 radical (unpaired) electrons. The van der Waals surface area contributed by atoms with Crippen LogP contribution in [0.3, 0.4) is 0 Å². The summed E-state index contributed by atoms with van der Waals surface area (Å²) in [6, 6.07) is 5.31. The van der Waals surface area contributed by atoms with Crippen LogP contribution in [-0.2, 0) is 24.8 Å². The van der Waals surface area contributed by atoms with Gasteiger partial charge in [0.25, 0.3) is 15.9 Å². The van der Waals surface area contributed by atoms with E-state index in [0.717, 1.165) is 12.8 Å². The van der Waals surface area contributed by atoms with Crippen LogP contribution in [0.15, 0.2) is 40.3 Å². The third kappa shape index (κ3) is 4.86. The van der Waals surface area contributed by atoms with E-state index in [1.54, 1.807) is 4.90 Å². The van der Waals surface area contributed by atoms with Crippen LogP contribution in [0.1, 0.15) is 23.3 Å². The third-order valence-electron chi connectivity index (χ3n) is 5.59. The van der Waals surface area contributed by atoms with Crippen LogP contribution in [0.25, 0.3) is 0 Å². The number of carbonyl (C=O) groups is 1. The van der Waals surface area contributed by atoms with Gasteiger partial charge >= 0.3 is 0 Å². The maximum absolute atomic E-state index is 13.1. The number of nitrogens with one attached hydrogen (secondary N) is 2. The van der Waals surface area contributed by atoms with E-state index in [9.17, 15) is 21.6 Å². The highest BCUT2D eigenvalue weighted by atomic mass is 32.2. The highest BCUT2D eigenvalue weighted by Gasteiger charge is 2.30. The molecule has 2 fully saturated rings. The predicted octanol–water partition coefficient (Wildman–Crippen LogP) is 1.08. The Morgan fingerprint density at radius 3 is 2.42 bits per heavy atom. The number of carbonyl (C=O) groups excluding carboxylic acids is 1. The van der Waals surface area contributed by atoms with Crippen molar-refractivity contribution in [1.29, 1.82) is 0 Å². The fraction of sp³-hybridized carbons (Fsp3) is 0.450. The van der Waals surface area contributed by atoms with E-state index < -0.39 is 20.0 Å². The number of sulfonamides is 2. The average molecular weight is 499 g/mol. The summed E-state index contributed by atoms with van der Waals surface area (Å²) >= 11 is 0. The summed E-state index contributed by atoms with van der Waals surface area (Å²) < 4.78 is 66.2. The van der Waals surface area contributed by atoms with E-state index in [0.29, 0.717) is 13.1 Å². The second-order valence-corrected chi connectivity index (χ2v) is 11.3. The summed E-state index contributed by atoms with van der Waals surface area (Å²) in [5.41, 5.74) is 0.235. The molecule has 0 bridgehead atoms. The lowest BCUT2D eigenvalue weighted by Crippen LogP contribution is -2.40. The topological polar surface area (TPSA) is 138 Å². The summed E-state index contributed by atoms with van der Waals surface area (Å²) in [7, 11) is -6.66.